The predicted molar refractivity (Wildman–Crippen MR) is 132 cm³/mol. The van der Waals surface area contributed by atoms with Crippen LogP contribution in [0.25, 0.3) is 0 Å². The lowest BCUT2D eigenvalue weighted by molar-refractivity contribution is -0.147. The number of amides is 3. The molecule has 3 amide bonds. The van der Waals surface area contributed by atoms with Crippen LogP contribution in [0.2, 0.25) is 0 Å². The first-order chi connectivity index (χ1) is 14.8. The highest BCUT2D eigenvalue weighted by Gasteiger charge is 2.36. The average molecular weight is 475 g/mol. The first kappa shape index (κ1) is 30.7. The van der Waals surface area contributed by atoms with Gasteiger partial charge >= 0.3 is 0 Å². The summed E-state index contributed by atoms with van der Waals surface area (Å²) < 4.78 is 0. The van der Waals surface area contributed by atoms with Crippen molar-refractivity contribution < 1.29 is 19.5 Å². The number of thioether (sulfide) groups is 1. The van der Waals surface area contributed by atoms with E-state index in [1.165, 1.54) is 16.8 Å². The van der Waals surface area contributed by atoms with Gasteiger partial charge in [0.15, 0.2) is 0 Å². The number of nitrogens with zero attached hydrogens (tertiary/aromatic N) is 3. The van der Waals surface area contributed by atoms with Gasteiger partial charge in [0.25, 0.3) is 0 Å². The third-order valence-corrected chi connectivity index (χ3v) is 6.72. The summed E-state index contributed by atoms with van der Waals surface area (Å²) in [6.07, 6.45) is 2.07. The number of primary amides is 1. The van der Waals surface area contributed by atoms with E-state index in [-0.39, 0.29) is 18.2 Å². The highest BCUT2D eigenvalue weighted by Crippen LogP contribution is 2.19. The van der Waals surface area contributed by atoms with Crippen molar-refractivity contribution in [3.05, 3.63) is 0 Å². The van der Waals surface area contributed by atoms with Crippen LogP contribution in [0.15, 0.2) is 0 Å². The van der Waals surface area contributed by atoms with Crippen LogP contribution in [-0.4, -0.2) is 99.9 Å². The molecule has 0 saturated carbocycles. The van der Waals surface area contributed by atoms with Gasteiger partial charge in [-0.3, -0.25) is 14.4 Å². The van der Waals surface area contributed by atoms with Crippen LogP contribution in [0.4, 0.5) is 0 Å². The SMILES string of the molecule is CCCC(=O)N(C)[C@H](CSCCCN(CC)C(C)C)C(=O)N(C)[C@@H](CC(C)(C)O)C(N)=O. The molecule has 0 radical (unpaired) electrons. The predicted octanol–water partition coefficient (Wildman–Crippen LogP) is 1.94. The second kappa shape index (κ2) is 14.8. The Labute approximate surface area is 199 Å². The van der Waals surface area contributed by atoms with Gasteiger partial charge in [-0.2, -0.15) is 11.8 Å². The third-order valence-electron chi connectivity index (χ3n) is 5.59. The van der Waals surface area contributed by atoms with E-state index < -0.39 is 23.6 Å². The average Bonchev–Trinajstić information content (AvgIpc) is 2.69. The minimum Gasteiger partial charge on any atom is -0.390 e. The van der Waals surface area contributed by atoms with Crippen molar-refractivity contribution in [2.45, 2.75) is 91.0 Å². The van der Waals surface area contributed by atoms with Crippen molar-refractivity contribution in [1.29, 1.82) is 0 Å². The summed E-state index contributed by atoms with van der Waals surface area (Å²) in [5, 5.41) is 10.2. The summed E-state index contributed by atoms with van der Waals surface area (Å²) in [4.78, 5) is 43.1. The maximum absolute atomic E-state index is 13.4. The topological polar surface area (TPSA) is 107 Å². The van der Waals surface area contributed by atoms with E-state index in [1.54, 1.807) is 32.7 Å². The van der Waals surface area contributed by atoms with E-state index in [1.807, 2.05) is 6.92 Å². The van der Waals surface area contributed by atoms with E-state index in [4.69, 9.17) is 5.73 Å². The van der Waals surface area contributed by atoms with Crippen molar-refractivity contribution in [3.8, 4) is 0 Å². The molecule has 32 heavy (non-hydrogen) atoms. The number of likely N-dealkylation sites (N-methyl/N-ethyl adjacent to an activating group) is 2. The highest BCUT2D eigenvalue weighted by molar-refractivity contribution is 7.99. The van der Waals surface area contributed by atoms with Gasteiger partial charge in [0.1, 0.15) is 12.1 Å². The van der Waals surface area contributed by atoms with Gasteiger partial charge < -0.3 is 25.5 Å². The Bertz CT molecular complexity index is 595. The van der Waals surface area contributed by atoms with Crippen LogP contribution >= 0.6 is 11.8 Å². The second-order valence-electron chi connectivity index (χ2n) is 9.31. The van der Waals surface area contributed by atoms with Crippen LogP contribution in [-0.2, 0) is 14.4 Å². The zero-order valence-corrected chi connectivity index (χ0v) is 22.2. The Hall–Kier alpha value is -1.32. The van der Waals surface area contributed by atoms with Crippen molar-refractivity contribution in [2.75, 3.05) is 38.7 Å². The molecule has 0 bridgehead atoms. The Balaban J connectivity index is 5.32. The molecular weight excluding hydrogens is 428 g/mol. The van der Waals surface area contributed by atoms with Gasteiger partial charge in [-0.05, 0) is 59.4 Å². The fourth-order valence-electron chi connectivity index (χ4n) is 3.55. The van der Waals surface area contributed by atoms with E-state index in [0.717, 1.165) is 25.3 Å². The van der Waals surface area contributed by atoms with Crippen LogP contribution in [0, 0.1) is 0 Å². The number of hydrogen-bond acceptors (Lipinski definition) is 6. The Kier molecular flexibility index (Phi) is 14.1. The summed E-state index contributed by atoms with van der Waals surface area (Å²) in [5.74, 6) is 0.196. The Morgan fingerprint density at radius 3 is 2.09 bits per heavy atom. The summed E-state index contributed by atoms with van der Waals surface area (Å²) in [6, 6.07) is -1.15. The molecule has 0 saturated heterocycles. The van der Waals surface area contributed by atoms with E-state index in [9.17, 15) is 19.5 Å². The molecule has 0 rings (SSSR count). The van der Waals surface area contributed by atoms with E-state index >= 15 is 0 Å². The molecule has 8 nitrogen and oxygen atoms in total. The second-order valence-corrected chi connectivity index (χ2v) is 10.5. The van der Waals surface area contributed by atoms with Gasteiger partial charge in [-0.1, -0.05) is 13.8 Å². The molecule has 9 heteroatoms. The fraction of sp³-hybridized carbons (Fsp3) is 0.870. The molecule has 0 aliphatic carbocycles. The largest absolute Gasteiger partial charge is 0.390 e. The maximum atomic E-state index is 13.4. The van der Waals surface area contributed by atoms with E-state index in [2.05, 4.69) is 25.7 Å². The molecule has 0 unspecified atom stereocenters. The molecule has 0 heterocycles. The molecular formula is C23H46N4O4S. The van der Waals surface area contributed by atoms with Crippen molar-refractivity contribution in [2.24, 2.45) is 5.73 Å². The van der Waals surface area contributed by atoms with Crippen molar-refractivity contribution in [1.82, 2.24) is 14.7 Å². The lowest BCUT2D eigenvalue weighted by Gasteiger charge is -2.35. The number of hydrogen-bond donors (Lipinski definition) is 2. The number of carbonyl (C=O) groups excluding carboxylic acids is 3. The molecule has 0 spiro atoms. The number of nitrogens with two attached hydrogens (primary N) is 1. The van der Waals surface area contributed by atoms with Gasteiger partial charge in [0.05, 0.1) is 5.60 Å². The molecule has 0 aromatic rings. The zero-order valence-electron chi connectivity index (χ0n) is 21.4. The van der Waals surface area contributed by atoms with Crippen LogP contribution in [0.5, 0.6) is 0 Å². The smallest absolute Gasteiger partial charge is 0.246 e. The molecule has 0 fully saturated rings. The summed E-state index contributed by atoms with van der Waals surface area (Å²) in [5.41, 5.74) is 4.37. The van der Waals surface area contributed by atoms with Crippen LogP contribution in [0.1, 0.15) is 67.2 Å². The van der Waals surface area contributed by atoms with Gasteiger partial charge in [-0.15, -0.1) is 0 Å². The number of carbonyl (C=O) groups is 3. The first-order valence-corrected chi connectivity index (χ1v) is 12.8. The quantitative estimate of drug-likeness (QED) is 0.331. The zero-order chi connectivity index (χ0) is 25.1. The molecule has 0 aliphatic heterocycles. The Morgan fingerprint density at radius 2 is 1.66 bits per heavy atom. The fourth-order valence-corrected chi connectivity index (χ4v) is 4.64. The lowest BCUT2D eigenvalue weighted by atomic mass is 9.97. The lowest BCUT2D eigenvalue weighted by Crippen LogP contribution is -2.56. The molecule has 0 aliphatic rings. The van der Waals surface area contributed by atoms with Gasteiger partial charge in [0, 0.05) is 38.7 Å². The first-order valence-electron chi connectivity index (χ1n) is 11.6. The molecule has 2 atom stereocenters. The minimum absolute atomic E-state index is 0.0269. The van der Waals surface area contributed by atoms with E-state index in [0.29, 0.717) is 24.6 Å². The van der Waals surface area contributed by atoms with Crippen LogP contribution in [0.3, 0.4) is 0 Å². The summed E-state index contributed by atoms with van der Waals surface area (Å²) in [7, 11) is 3.16. The molecule has 188 valence electrons. The Morgan fingerprint density at radius 1 is 1.06 bits per heavy atom. The van der Waals surface area contributed by atoms with Crippen molar-refractivity contribution in [3.63, 3.8) is 0 Å². The summed E-state index contributed by atoms with van der Waals surface area (Å²) >= 11 is 1.63. The molecule has 0 aromatic carbocycles. The molecule has 0 aromatic heterocycles. The number of aliphatic hydroxyl groups is 1. The van der Waals surface area contributed by atoms with Crippen molar-refractivity contribution >= 4 is 29.5 Å². The van der Waals surface area contributed by atoms with Gasteiger partial charge in [-0.25, -0.2) is 0 Å². The normalized spacial score (nSPS) is 13.8. The van der Waals surface area contributed by atoms with Gasteiger partial charge in [0.2, 0.25) is 17.7 Å². The van der Waals surface area contributed by atoms with Crippen LogP contribution < -0.4 is 5.73 Å². The third kappa shape index (κ3) is 11.0. The number of rotatable bonds is 16. The minimum atomic E-state index is -1.16. The monoisotopic (exact) mass is 474 g/mol. The highest BCUT2D eigenvalue weighted by atomic mass is 32.2. The maximum Gasteiger partial charge on any atom is 0.246 e. The summed E-state index contributed by atoms with van der Waals surface area (Å²) in [6.45, 7) is 13.6. The standard InChI is InChI=1S/C23H46N4O4S/c1-9-12-20(28)25(7)19(16-32-14-11-13-27(10-2)17(3)4)22(30)26(8)18(21(24)29)15-23(5,6)31/h17-19,31H,9-16H2,1-8H3,(H2,24,29)/t18-,19+/m0/s1. The molecule has 3 N–H and O–H groups in total.